The monoisotopic (exact) mass is 230 g/mol. The maximum absolute atomic E-state index is 11.5. The van der Waals surface area contributed by atoms with Crippen molar-refractivity contribution in [3.63, 3.8) is 0 Å². The Morgan fingerprint density at radius 1 is 1.00 bits per heavy atom. The van der Waals surface area contributed by atoms with Gasteiger partial charge in [-0.25, -0.2) is 0 Å². The number of nitrogens with two attached hydrogens (primary N) is 3. The first-order valence-electron chi connectivity index (χ1n) is 6.15. The van der Waals surface area contributed by atoms with Crippen LogP contribution in [0, 0.1) is 0 Å². The van der Waals surface area contributed by atoms with Gasteiger partial charge in [-0.15, -0.1) is 0 Å². The van der Waals surface area contributed by atoms with Gasteiger partial charge in [0.15, 0.2) is 0 Å². The van der Waals surface area contributed by atoms with Crippen molar-refractivity contribution in [3.05, 3.63) is 0 Å². The first kappa shape index (κ1) is 15.3. The van der Waals surface area contributed by atoms with Crippen molar-refractivity contribution in [1.82, 2.24) is 5.32 Å². The summed E-state index contributed by atoms with van der Waals surface area (Å²) in [6.45, 7) is 2.07. The zero-order valence-electron chi connectivity index (χ0n) is 10.1. The maximum atomic E-state index is 11.5. The SMILES string of the molecule is NCCCCCNC(=O)C(N)CCCCN. The van der Waals surface area contributed by atoms with Gasteiger partial charge in [0.25, 0.3) is 0 Å². The molecule has 0 fully saturated rings. The van der Waals surface area contributed by atoms with E-state index >= 15 is 0 Å². The lowest BCUT2D eigenvalue weighted by molar-refractivity contribution is -0.122. The van der Waals surface area contributed by atoms with Gasteiger partial charge < -0.3 is 22.5 Å². The number of amides is 1. The highest BCUT2D eigenvalue weighted by Crippen LogP contribution is 1.98. The Morgan fingerprint density at radius 2 is 1.62 bits per heavy atom. The van der Waals surface area contributed by atoms with E-state index in [0.29, 0.717) is 26.1 Å². The van der Waals surface area contributed by atoms with Gasteiger partial charge in [-0.3, -0.25) is 4.79 Å². The predicted molar refractivity (Wildman–Crippen MR) is 66.8 cm³/mol. The minimum absolute atomic E-state index is 0.0511. The molecule has 16 heavy (non-hydrogen) atoms. The summed E-state index contributed by atoms with van der Waals surface area (Å²) < 4.78 is 0. The second-order valence-electron chi connectivity index (χ2n) is 4.03. The lowest BCUT2D eigenvalue weighted by Gasteiger charge is -2.11. The summed E-state index contributed by atoms with van der Waals surface area (Å²) in [5, 5.41) is 2.83. The van der Waals surface area contributed by atoms with Crippen LogP contribution in [-0.2, 0) is 4.79 Å². The smallest absolute Gasteiger partial charge is 0.236 e. The van der Waals surface area contributed by atoms with Crippen LogP contribution in [0.15, 0.2) is 0 Å². The number of carbonyl (C=O) groups is 1. The van der Waals surface area contributed by atoms with Crippen LogP contribution in [0.4, 0.5) is 0 Å². The summed E-state index contributed by atoms with van der Waals surface area (Å²) in [6, 6.07) is -0.388. The van der Waals surface area contributed by atoms with Crippen LogP contribution in [0.25, 0.3) is 0 Å². The quantitative estimate of drug-likeness (QED) is 0.386. The third-order valence-electron chi connectivity index (χ3n) is 2.49. The molecule has 0 bridgehead atoms. The molecule has 1 atom stereocenters. The van der Waals surface area contributed by atoms with Gasteiger partial charge in [0.1, 0.15) is 0 Å². The number of hydrogen-bond donors (Lipinski definition) is 4. The standard InChI is InChI=1S/C11H26N4O/c12-7-3-1-5-9-15-11(16)10(14)6-2-4-8-13/h10H,1-9,12-14H2,(H,15,16). The molecule has 0 aromatic rings. The van der Waals surface area contributed by atoms with E-state index in [2.05, 4.69) is 5.32 Å². The van der Waals surface area contributed by atoms with E-state index in [1.807, 2.05) is 0 Å². The van der Waals surface area contributed by atoms with Crippen LogP contribution in [0.5, 0.6) is 0 Å². The number of unbranched alkanes of at least 4 members (excludes halogenated alkanes) is 3. The molecule has 0 rings (SSSR count). The lowest BCUT2D eigenvalue weighted by atomic mass is 10.1. The van der Waals surface area contributed by atoms with E-state index in [1.165, 1.54) is 0 Å². The van der Waals surface area contributed by atoms with Crippen molar-refractivity contribution in [3.8, 4) is 0 Å². The van der Waals surface area contributed by atoms with Crippen LogP contribution in [-0.4, -0.2) is 31.6 Å². The van der Waals surface area contributed by atoms with E-state index in [0.717, 1.165) is 32.1 Å². The molecule has 1 amide bonds. The molecule has 0 saturated carbocycles. The molecule has 0 aromatic carbocycles. The molecule has 0 saturated heterocycles. The van der Waals surface area contributed by atoms with Crippen LogP contribution in [0.3, 0.4) is 0 Å². The summed E-state index contributed by atoms with van der Waals surface area (Å²) in [5.41, 5.74) is 16.5. The van der Waals surface area contributed by atoms with E-state index in [-0.39, 0.29) is 11.9 Å². The number of carbonyl (C=O) groups excluding carboxylic acids is 1. The topological polar surface area (TPSA) is 107 Å². The summed E-state index contributed by atoms with van der Waals surface area (Å²) in [7, 11) is 0. The maximum Gasteiger partial charge on any atom is 0.236 e. The van der Waals surface area contributed by atoms with Gasteiger partial charge in [0, 0.05) is 6.54 Å². The van der Waals surface area contributed by atoms with E-state index in [4.69, 9.17) is 17.2 Å². The average Bonchev–Trinajstić information content (AvgIpc) is 2.28. The molecule has 0 heterocycles. The fraction of sp³-hybridized carbons (Fsp3) is 0.909. The van der Waals surface area contributed by atoms with Gasteiger partial charge in [-0.2, -0.15) is 0 Å². The largest absolute Gasteiger partial charge is 0.355 e. The Labute approximate surface area is 98.1 Å². The molecular weight excluding hydrogens is 204 g/mol. The Kier molecular flexibility index (Phi) is 10.4. The van der Waals surface area contributed by atoms with Gasteiger partial charge in [-0.05, 0) is 38.8 Å². The van der Waals surface area contributed by atoms with Gasteiger partial charge in [-0.1, -0.05) is 12.8 Å². The highest BCUT2D eigenvalue weighted by Gasteiger charge is 2.11. The number of hydrogen-bond acceptors (Lipinski definition) is 4. The molecule has 5 heteroatoms. The normalized spacial score (nSPS) is 12.4. The highest BCUT2D eigenvalue weighted by molar-refractivity contribution is 5.81. The van der Waals surface area contributed by atoms with Gasteiger partial charge >= 0.3 is 0 Å². The Balaban J connectivity index is 3.40. The second-order valence-corrected chi connectivity index (χ2v) is 4.03. The van der Waals surface area contributed by atoms with Crippen molar-refractivity contribution < 1.29 is 4.79 Å². The van der Waals surface area contributed by atoms with Crippen molar-refractivity contribution in [2.45, 2.75) is 44.6 Å². The third kappa shape index (κ3) is 8.64. The molecular formula is C11H26N4O. The van der Waals surface area contributed by atoms with E-state index in [1.54, 1.807) is 0 Å². The molecule has 0 aliphatic rings. The summed E-state index contributed by atoms with van der Waals surface area (Å²) >= 11 is 0. The number of nitrogens with one attached hydrogen (secondary N) is 1. The fourth-order valence-corrected chi connectivity index (χ4v) is 1.43. The van der Waals surface area contributed by atoms with Crippen molar-refractivity contribution in [2.75, 3.05) is 19.6 Å². The third-order valence-corrected chi connectivity index (χ3v) is 2.49. The van der Waals surface area contributed by atoms with Gasteiger partial charge in [0.05, 0.1) is 6.04 Å². The summed E-state index contributed by atoms with van der Waals surface area (Å²) in [6.07, 6.45) is 5.59. The molecule has 0 aliphatic carbocycles. The molecule has 0 aromatic heterocycles. The van der Waals surface area contributed by atoms with Crippen molar-refractivity contribution >= 4 is 5.91 Å². The van der Waals surface area contributed by atoms with E-state index in [9.17, 15) is 4.79 Å². The lowest BCUT2D eigenvalue weighted by Crippen LogP contribution is -2.40. The molecule has 0 spiro atoms. The fourth-order valence-electron chi connectivity index (χ4n) is 1.43. The van der Waals surface area contributed by atoms with Crippen molar-refractivity contribution in [1.29, 1.82) is 0 Å². The van der Waals surface area contributed by atoms with Crippen molar-refractivity contribution in [2.24, 2.45) is 17.2 Å². The first-order chi connectivity index (χ1) is 7.72. The average molecular weight is 230 g/mol. The minimum Gasteiger partial charge on any atom is -0.355 e. The zero-order chi connectivity index (χ0) is 12.2. The molecule has 96 valence electrons. The highest BCUT2D eigenvalue weighted by atomic mass is 16.2. The van der Waals surface area contributed by atoms with Crippen LogP contribution < -0.4 is 22.5 Å². The Morgan fingerprint density at radius 3 is 2.25 bits per heavy atom. The summed E-state index contributed by atoms with van der Waals surface area (Å²) in [4.78, 5) is 11.5. The molecule has 0 aliphatic heterocycles. The predicted octanol–water partition coefficient (Wildman–Crippen LogP) is -0.312. The van der Waals surface area contributed by atoms with Crippen LogP contribution in [0.1, 0.15) is 38.5 Å². The summed E-state index contributed by atoms with van der Waals surface area (Å²) in [5.74, 6) is -0.0511. The number of rotatable bonds is 10. The first-order valence-corrected chi connectivity index (χ1v) is 6.15. The minimum atomic E-state index is -0.388. The molecule has 5 nitrogen and oxygen atoms in total. The molecule has 7 N–H and O–H groups in total. The molecule has 1 unspecified atom stereocenters. The van der Waals surface area contributed by atoms with Crippen LogP contribution in [0.2, 0.25) is 0 Å². The zero-order valence-corrected chi connectivity index (χ0v) is 10.1. The Hall–Kier alpha value is -0.650. The Bertz CT molecular complexity index is 175. The van der Waals surface area contributed by atoms with Crippen LogP contribution >= 0.6 is 0 Å². The van der Waals surface area contributed by atoms with Gasteiger partial charge in [0.2, 0.25) is 5.91 Å². The molecule has 0 radical (unpaired) electrons. The van der Waals surface area contributed by atoms with E-state index < -0.39 is 0 Å². The second kappa shape index (κ2) is 10.9.